The van der Waals surface area contributed by atoms with Gasteiger partial charge in [0.15, 0.2) is 6.10 Å². The van der Waals surface area contributed by atoms with E-state index < -0.39 is 6.10 Å². The molecule has 0 aliphatic rings. The van der Waals surface area contributed by atoms with Crippen molar-refractivity contribution in [3.8, 4) is 0 Å². The van der Waals surface area contributed by atoms with Gasteiger partial charge in [-0.2, -0.15) is 0 Å². The first-order valence-electron chi connectivity index (χ1n) is 31.5. The number of ether oxygens (including phenoxy) is 3. The maximum absolute atomic E-state index is 12.9. The zero-order valence-electron chi connectivity index (χ0n) is 47.8. The molecule has 0 aromatic carbocycles. The number of allylic oxidation sites excluding steroid dienone is 6. The van der Waals surface area contributed by atoms with Crippen LogP contribution in [0.1, 0.15) is 342 Å². The predicted octanol–water partition coefficient (Wildman–Crippen LogP) is 21.2. The smallest absolute Gasteiger partial charge is 0.306 e. The Hall–Kier alpha value is -2.37. The molecule has 0 aliphatic heterocycles. The summed E-state index contributed by atoms with van der Waals surface area (Å²) in [6, 6.07) is 0. The van der Waals surface area contributed by atoms with Gasteiger partial charge in [-0.05, 0) is 77.0 Å². The van der Waals surface area contributed by atoms with Crippen LogP contribution in [-0.4, -0.2) is 37.2 Å². The summed E-state index contributed by atoms with van der Waals surface area (Å²) in [6.45, 7) is 6.65. The number of carbonyl (C=O) groups is 3. The van der Waals surface area contributed by atoms with Gasteiger partial charge in [0.1, 0.15) is 13.2 Å². The first-order valence-corrected chi connectivity index (χ1v) is 31.5. The molecule has 0 radical (unpaired) electrons. The molecule has 416 valence electrons. The molecular formula is C65H120O6. The van der Waals surface area contributed by atoms with Crippen molar-refractivity contribution in [3.63, 3.8) is 0 Å². The van der Waals surface area contributed by atoms with Gasteiger partial charge in [0.25, 0.3) is 0 Å². The van der Waals surface area contributed by atoms with Crippen molar-refractivity contribution < 1.29 is 28.6 Å². The Kier molecular flexibility index (Phi) is 58.2. The molecular weight excluding hydrogens is 877 g/mol. The van der Waals surface area contributed by atoms with Gasteiger partial charge < -0.3 is 14.2 Å². The van der Waals surface area contributed by atoms with Crippen LogP contribution >= 0.6 is 0 Å². The quantitative estimate of drug-likeness (QED) is 0.0261. The van der Waals surface area contributed by atoms with Crippen LogP contribution in [0.25, 0.3) is 0 Å². The molecule has 0 N–H and O–H groups in total. The summed E-state index contributed by atoms with van der Waals surface area (Å²) in [4.78, 5) is 38.3. The van der Waals surface area contributed by atoms with Gasteiger partial charge in [0, 0.05) is 19.3 Å². The van der Waals surface area contributed by atoms with Gasteiger partial charge in [0.2, 0.25) is 0 Å². The zero-order chi connectivity index (χ0) is 51.4. The van der Waals surface area contributed by atoms with Gasteiger partial charge in [-0.3, -0.25) is 14.4 Å². The van der Waals surface area contributed by atoms with E-state index in [0.29, 0.717) is 19.3 Å². The fourth-order valence-electron chi connectivity index (χ4n) is 9.35. The zero-order valence-corrected chi connectivity index (χ0v) is 47.8. The lowest BCUT2D eigenvalue weighted by Crippen LogP contribution is -2.30. The molecule has 0 aliphatic carbocycles. The summed E-state index contributed by atoms with van der Waals surface area (Å²) in [5, 5.41) is 0. The summed E-state index contributed by atoms with van der Waals surface area (Å²) in [6.07, 6.45) is 72.8. The lowest BCUT2D eigenvalue weighted by molar-refractivity contribution is -0.167. The number of hydrogen-bond acceptors (Lipinski definition) is 6. The van der Waals surface area contributed by atoms with E-state index in [1.54, 1.807) is 0 Å². The van der Waals surface area contributed by atoms with E-state index in [1.807, 2.05) is 0 Å². The van der Waals surface area contributed by atoms with Crippen molar-refractivity contribution in [2.24, 2.45) is 0 Å². The third-order valence-electron chi connectivity index (χ3n) is 14.1. The first-order chi connectivity index (χ1) is 35.0. The second kappa shape index (κ2) is 60.2. The summed E-state index contributed by atoms with van der Waals surface area (Å²) in [5.74, 6) is -0.857. The van der Waals surface area contributed by atoms with Crippen LogP contribution in [0, 0.1) is 0 Å². The number of hydrogen-bond donors (Lipinski definition) is 0. The molecule has 0 unspecified atom stereocenters. The monoisotopic (exact) mass is 997 g/mol. The third-order valence-corrected chi connectivity index (χ3v) is 14.1. The second-order valence-electron chi connectivity index (χ2n) is 21.3. The summed E-state index contributed by atoms with van der Waals surface area (Å²) in [7, 11) is 0. The summed E-state index contributed by atoms with van der Waals surface area (Å²) in [5.41, 5.74) is 0. The molecule has 0 aromatic heterocycles. The van der Waals surface area contributed by atoms with E-state index in [4.69, 9.17) is 14.2 Å². The molecule has 71 heavy (non-hydrogen) atoms. The highest BCUT2D eigenvalue weighted by molar-refractivity contribution is 5.71. The summed E-state index contributed by atoms with van der Waals surface area (Å²) >= 11 is 0. The minimum absolute atomic E-state index is 0.0709. The number of rotatable bonds is 58. The molecule has 1 atom stereocenters. The van der Waals surface area contributed by atoms with Gasteiger partial charge in [0.05, 0.1) is 0 Å². The molecule has 0 rings (SSSR count). The Morgan fingerprint density at radius 3 is 0.831 bits per heavy atom. The van der Waals surface area contributed by atoms with Crippen LogP contribution in [0.3, 0.4) is 0 Å². The molecule has 0 heterocycles. The number of esters is 3. The molecule has 0 spiro atoms. The van der Waals surface area contributed by atoms with E-state index in [9.17, 15) is 14.4 Å². The van der Waals surface area contributed by atoms with E-state index in [-0.39, 0.29) is 31.1 Å². The lowest BCUT2D eigenvalue weighted by atomic mass is 10.0. The van der Waals surface area contributed by atoms with Crippen LogP contribution < -0.4 is 0 Å². The Morgan fingerprint density at radius 1 is 0.282 bits per heavy atom. The molecule has 0 bridgehead atoms. The Morgan fingerprint density at radius 2 is 0.507 bits per heavy atom. The molecule has 0 aromatic rings. The van der Waals surface area contributed by atoms with Crippen molar-refractivity contribution in [1.29, 1.82) is 0 Å². The van der Waals surface area contributed by atoms with Crippen molar-refractivity contribution in [2.75, 3.05) is 13.2 Å². The first kappa shape index (κ1) is 68.6. The molecule has 6 heteroatoms. The molecule has 0 saturated carbocycles. The van der Waals surface area contributed by atoms with Crippen molar-refractivity contribution >= 4 is 17.9 Å². The molecule has 0 fully saturated rings. The van der Waals surface area contributed by atoms with E-state index in [1.165, 1.54) is 238 Å². The number of carbonyl (C=O) groups excluding carboxylic acids is 3. The van der Waals surface area contributed by atoms with Crippen LogP contribution in [0.4, 0.5) is 0 Å². The van der Waals surface area contributed by atoms with Crippen LogP contribution in [0.5, 0.6) is 0 Å². The Balaban J connectivity index is 4.33. The maximum Gasteiger partial charge on any atom is 0.306 e. The van der Waals surface area contributed by atoms with Gasteiger partial charge in [-0.1, -0.05) is 282 Å². The standard InChI is InChI=1S/C65H120O6/c1-4-7-10-13-16-19-22-25-28-30-32-34-37-40-43-46-49-52-55-58-64(67)70-61-62(60-69-63(66)57-54-51-48-45-42-39-36-27-24-21-18-15-12-9-6-3)71-65(68)59-56-53-50-47-44-41-38-35-33-31-29-26-23-20-17-14-11-8-5-2/h17,20-21,24,26,29,62H,4-16,18-19,22-23,25,27-28,30-61H2,1-3H3/b20-17-,24-21-,29-26-/t62-/m1/s1. The molecule has 0 amide bonds. The van der Waals surface area contributed by atoms with Gasteiger partial charge in [-0.15, -0.1) is 0 Å². The van der Waals surface area contributed by atoms with Gasteiger partial charge >= 0.3 is 17.9 Å². The number of unbranched alkanes of at least 4 members (excludes halogenated alkanes) is 41. The Bertz CT molecular complexity index is 1190. The van der Waals surface area contributed by atoms with Crippen LogP contribution in [0.15, 0.2) is 36.5 Å². The highest BCUT2D eigenvalue weighted by atomic mass is 16.6. The fraction of sp³-hybridized carbons (Fsp3) is 0.862. The van der Waals surface area contributed by atoms with Crippen molar-refractivity contribution in [1.82, 2.24) is 0 Å². The topological polar surface area (TPSA) is 78.9 Å². The highest BCUT2D eigenvalue weighted by Gasteiger charge is 2.19. The summed E-state index contributed by atoms with van der Waals surface area (Å²) < 4.78 is 16.9. The predicted molar refractivity (Wildman–Crippen MR) is 307 cm³/mol. The largest absolute Gasteiger partial charge is 0.462 e. The van der Waals surface area contributed by atoms with Crippen molar-refractivity contribution in [3.05, 3.63) is 36.5 Å². The maximum atomic E-state index is 12.9. The minimum atomic E-state index is -0.774. The van der Waals surface area contributed by atoms with E-state index in [2.05, 4.69) is 57.2 Å². The average Bonchev–Trinajstić information content (AvgIpc) is 3.37. The average molecular weight is 998 g/mol. The Labute approximate surface area is 442 Å². The van der Waals surface area contributed by atoms with Crippen LogP contribution in [-0.2, 0) is 28.6 Å². The van der Waals surface area contributed by atoms with Crippen LogP contribution in [0.2, 0.25) is 0 Å². The molecule has 6 nitrogen and oxygen atoms in total. The third kappa shape index (κ3) is 58.4. The normalized spacial score (nSPS) is 12.2. The minimum Gasteiger partial charge on any atom is -0.462 e. The van der Waals surface area contributed by atoms with E-state index >= 15 is 0 Å². The SMILES string of the molecule is CCCCC/C=C\C/C=C\CCCCCCCCCCCC(=O)O[C@H](COC(=O)CCCCCCCCC/C=C\CCCCCC)COC(=O)CCCCCCCCCCCCCCCCCCCCC. The van der Waals surface area contributed by atoms with Crippen molar-refractivity contribution in [2.45, 2.75) is 348 Å². The lowest BCUT2D eigenvalue weighted by Gasteiger charge is -2.18. The highest BCUT2D eigenvalue weighted by Crippen LogP contribution is 2.17. The second-order valence-corrected chi connectivity index (χ2v) is 21.3. The van der Waals surface area contributed by atoms with Gasteiger partial charge in [-0.25, -0.2) is 0 Å². The molecule has 0 saturated heterocycles. The van der Waals surface area contributed by atoms with E-state index in [0.717, 1.165) is 64.2 Å². The fourth-order valence-corrected chi connectivity index (χ4v) is 9.35.